The van der Waals surface area contributed by atoms with Gasteiger partial charge in [0.05, 0.1) is 9.92 Å². The molecular weight excluding hydrogens is 420 g/mol. The Morgan fingerprint density at radius 2 is 1.50 bits per heavy atom. The summed E-state index contributed by atoms with van der Waals surface area (Å²) in [6.07, 6.45) is 3.78. The third-order valence-electron chi connectivity index (χ3n) is 4.69. The number of nitrogens with one attached hydrogen (secondary N) is 1. The normalized spacial score (nSPS) is 16.5. The van der Waals surface area contributed by atoms with Crippen molar-refractivity contribution < 1.29 is 16.8 Å². The number of hydrogen-bond acceptors (Lipinski definition) is 4. The average molecular weight is 443 g/mol. The second-order valence-electron chi connectivity index (χ2n) is 6.88. The van der Waals surface area contributed by atoms with E-state index in [1.165, 1.54) is 34.6 Å². The molecule has 0 aromatic heterocycles. The summed E-state index contributed by atoms with van der Waals surface area (Å²) in [5.41, 5.74) is 1.12. The first kappa shape index (κ1) is 21.1. The predicted octanol–water partition coefficient (Wildman–Crippen LogP) is 4.01. The number of hydrogen-bond donors (Lipinski definition) is 1. The van der Waals surface area contributed by atoms with E-state index in [9.17, 15) is 16.8 Å². The summed E-state index contributed by atoms with van der Waals surface area (Å²) in [4.78, 5) is 0.131. The molecule has 28 heavy (non-hydrogen) atoms. The Balaban J connectivity index is 1.80. The molecule has 9 heteroatoms. The maximum atomic E-state index is 12.8. The van der Waals surface area contributed by atoms with Gasteiger partial charge in [0.1, 0.15) is 4.90 Å². The van der Waals surface area contributed by atoms with E-state index in [0.717, 1.165) is 31.2 Å². The van der Waals surface area contributed by atoms with Crippen LogP contribution in [0, 0.1) is 6.92 Å². The molecule has 2 aromatic carbocycles. The Morgan fingerprint density at radius 1 is 0.893 bits per heavy atom. The Kier molecular flexibility index (Phi) is 6.34. The van der Waals surface area contributed by atoms with Gasteiger partial charge in [0.15, 0.2) is 0 Å². The number of sulfonamides is 2. The third-order valence-corrected chi connectivity index (χ3v) is 8.46. The Morgan fingerprint density at radius 3 is 2.07 bits per heavy atom. The lowest BCUT2D eigenvalue weighted by molar-refractivity contribution is 0.424. The van der Waals surface area contributed by atoms with E-state index in [1.807, 2.05) is 6.92 Å². The Labute approximate surface area is 171 Å². The van der Waals surface area contributed by atoms with E-state index < -0.39 is 20.0 Å². The van der Waals surface area contributed by atoms with Crippen molar-refractivity contribution in [2.24, 2.45) is 0 Å². The minimum absolute atomic E-state index is 0.0268. The lowest BCUT2D eigenvalue weighted by Crippen LogP contribution is -2.31. The molecule has 0 spiro atoms. The summed E-state index contributed by atoms with van der Waals surface area (Å²) in [6, 6.07) is 10.4. The molecule has 0 atom stereocenters. The number of aryl methyl sites for hydroxylation is 1. The molecule has 0 bridgehead atoms. The summed E-state index contributed by atoms with van der Waals surface area (Å²) < 4.78 is 54.7. The highest BCUT2D eigenvalue weighted by Gasteiger charge is 2.25. The van der Waals surface area contributed by atoms with Gasteiger partial charge in [-0.1, -0.05) is 30.5 Å². The van der Waals surface area contributed by atoms with E-state index in [2.05, 4.69) is 4.72 Å². The van der Waals surface area contributed by atoms with Crippen LogP contribution in [0.5, 0.6) is 0 Å². The molecule has 1 aliphatic rings. The van der Waals surface area contributed by atoms with Crippen molar-refractivity contribution >= 4 is 37.3 Å². The van der Waals surface area contributed by atoms with Gasteiger partial charge in [-0.2, -0.15) is 4.31 Å². The summed E-state index contributed by atoms with van der Waals surface area (Å²) in [5.74, 6) is 0. The third kappa shape index (κ3) is 4.68. The first-order valence-corrected chi connectivity index (χ1v) is 12.4. The number of anilines is 1. The summed E-state index contributed by atoms with van der Waals surface area (Å²) in [5, 5.41) is 0.132. The SMILES string of the molecule is Cc1ccc(S(=O)(=O)Nc2ccc(S(=O)(=O)N3CCCCCC3)cc2)c(Cl)c1. The zero-order valence-corrected chi connectivity index (χ0v) is 17.9. The minimum Gasteiger partial charge on any atom is -0.280 e. The highest BCUT2D eigenvalue weighted by Crippen LogP contribution is 2.26. The first-order chi connectivity index (χ1) is 13.2. The molecule has 1 saturated heterocycles. The van der Waals surface area contributed by atoms with Gasteiger partial charge in [-0.25, -0.2) is 16.8 Å². The van der Waals surface area contributed by atoms with Crippen LogP contribution < -0.4 is 4.72 Å². The fourth-order valence-corrected chi connectivity index (χ4v) is 6.34. The second-order valence-corrected chi connectivity index (χ2v) is 10.9. The van der Waals surface area contributed by atoms with Gasteiger partial charge >= 0.3 is 0 Å². The first-order valence-electron chi connectivity index (χ1n) is 9.09. The van der Waals surface area contributed by atoms with Crippen molar-refractivity contribution in [2.75, 3.05) is 17.8 Å². The Bertz CT molecular complexity index is 1040. The van der Waals surface area contributed by atoms with Crippen LogP contribution in [0.4, 0.5) is 5.69 Å². The number of nitrogens with zero attached hydrogens (tertiary/aromatic N) is 1. The van der Waals surface area contributed by atoms with E-state index >= 15 is 0 Å². The van der Waals surface area contributed by atoms with Crippen LogP contribution >= 0.6 is 11.6 Å². The van der Waals surface area contributed by atoms with E-state index in [4.69, 9.17) is 11.6 Å². The minimum atomic E-state index is -3.88. The molecule has 2 aromatic rings. The highest BCUT2D eigenvalue weighted by molar-refractivity contribution is 7.92. The largest absolute Gasteiger partial charge is 0.280 e. The molecule has 3 rings (SSSR count). The average Bonchev–Trinajstić information content (AvgIpc) is 2.91. The van der Waals surface area contributed by atoms with Gasteiger partial charge < -0.3 is 0 Å². The standard InChI is InChI=1S/C19H23ClN2O4S2/c1-15-6-11-19(18(20)14-15)27(23,24)21-16-7-9-17(10-8-16)28(25,26)22-12-4-2-3-5-13-22/h6-11,14,21H,2-5,12-13H2,1H3. The van der Waals surface area contributed by atoms with Crippen molar-refractivity contribution in [3.05, 3.63) is 53.1 Å². The lowest BCUT2D eigenvalue weighted by atomic mass is 10.2. The molecule has 1 fully saturated rings. The number of halogens is 1. The topological polar surface area (TPSA) is 83.5 Å². The fourth-order valence-electron chi connectivity index (χ4n) is 3.16. The monoisotopic (exact) mass is 442 g/mol. The summed E-state index contributed by atoms with van der Waals surface area (Å²) >= 11 is 6.06. The predicted molar refractivity (Wildman–Crippen MR) is 111 cm³/mol. The van der Waals surface area contributed by atoms with Crippen molar-refractivity contribution in [3.8, 4) is 0 Å². The molecule has 0 unspecified atom stereocenters. The van der Waals surface area contributed by atoms with Crippen LogP contribution in [0.2, 0.25) is 5.02 Å². The molecule has 1 heterocycles. The molecule has 0 aliphatic carbocycles. The molecular formula is C19H23ClN2O4S2. The van der Waals surface area contributed by atoms with Gasteiger partial charge in [-0.15, -0.1) is 0 Å². The number of rotatable bonds is 5. The molecule has 1 N–H and O–H groups in total. The lowest BCUT2D eigenvalue weighted by Gasteiger charge is -2.20. The van der Waals surface area contributed by atoms with Gasteiger partial charge in [0, 0.05) is 18.8 Å². The van der Waals surface area contributed by atoms with Crippen LogP contribution in [-0.4, -0.2) is 34.2 Å². The van der Waals surface area contributed by atoms with Gasteiger partial charge in [0.25, 0.3) is 10.0 Å². The van der Waals surface area contributed by atoms with Crippen molar-refractivity contribution in [2.45, 2.75) is 42.4 Å². The van der Waals surface area contributed by atoms with Gasteiger partial charge in [-0.05, 0) is 61.7 Å². The second kappa shape index (κ2) is 8.41. The zero-order valence-electron chi connectivity index (χ0n) is 15.6. The maximum absolute atomic E-state index is 12.8. The smallest absolute Gasteiger partial charge is 0.263 e. The van der Waals surface area contributed by atoms with Crippen molar-refractivity contribution in [1.29, 1.82) is 0 Å². The molecule has 6 nitrogen and oxygen atoms in total. The van der Waals surface area contributed by atoms with E-state index in [0.29, 0.717) is 13.1 Å². The molecule has 152 valence electrons. The van der Waals surface area contributed by atoms with Gasteiger partial charge in [0.2, 0.25) is 10.0 Å². The fraction of sp³-hybridized carbons (Fsp3) is 0.368. The highest BCUT2D eigenvalue weighted by atomic mass is 35.5. The van der Waals surface area contributed by atoms with E-state index in [-0.39, 0.29) is 20.5 Å². The van der Waals surface area contributed by atoms with Crippen molar-refractivity contribution in [1.82, 2.24) is 4.31 Å². The van der Waals surface area contributed by atoms with Crippen LogP contribution in [0.1, 0.15) is 31.2 Å². The van der Waals surface area contributed by atoms with Crippen LogP contribution in [0.3, 0.4) is 0 Å². The van der Waals surface area contributed by atoms with Crippen LogP contribution in [-0.2, 0) is 20.0 Å². The number of benzene rings is 2. The maximum Gasteiger partial charge on any atom is 0.263 e. The molecule has 1 aliphatic heterocycles. The van der Waals surface area contributed by atoms with Crippen LogP contribution in [0.25, 0.3) is 0 Å². The van der Waals surface area contributed by atoms with E-state index in [1.54, 1.807) is 12.1 Å². The van der Waals surface area contributed by atoms with Gasteiger partial charge in [-0.3, -0.25) is 4.72 Å². The quantitative estimate of drug-likeness (QED) is 0.758. The van der Waals surface area contributed by atoms with Crippen LogP contribution in [0.15, 0.2) is 52.3 Å². The zero-order chi connectivity index (χ0) is 20.4. The Hall–Kier alpha value is -1.61. The molecule has 0 radical (unpaired) electrons. The van der Waals surface area contributed by atoms with Crippen molar-refractivity contribution in [3.63, 3.8) is 0 Å². The summed E-state index contributed by atoms with van der Waals surface area (Å²) in [7, 11) is -7.45. The molecule has 0 saturated carbocycles. The summed E-state index contributed by atoms with van der Waals surface area (Å²) in [6.45, 7) is 2.85. The molecule has 0 amide bonds.